The van der Waals surface area contributed by atoms with Gasteiger partial charge in [0.2, 0.25) is 11.1 Å². The average Bonchev–Trinajstić information content (AvgIpc) is 3.49. The highest BCUT2D eigenvalue weighted by atomic mass is 35.5. The van der Waals surface area contributed by atoms with E-state index in [9.17, 15) is 18.4 Å². The molecule has 0 aliphatic heterocycles. The highest BCUT2D eigenvalue weighted by molar-refractivity contribution is 6.64. The molecular formula is C18H19ClF2N4O2. The summed E-state index contributed by atoms with van der Waals surface area (Å²) in [5, 5.41) is 2.40. The molecule has 2 aliphatic rings. The Bertz CT molecular complexity index is 781. The molecule has 1 amide bonds. The van der Waals surface area contributed by atoms with Gasteiger partial charge >= 0.3 is 0 Å². The number of halogens is 3. The molecule has 2 aliphatic carbocycles. The molecular weight excluding hydrogens is 378 g/mol. The van der Waals surface area contributed by atoms with Gasteiger partial charge in [0.1, 0.15) is 23.3 Å². The summed E-state index contributed by atoms with van der Waals surface area (Å²) in [7, 11) is 0. The van der Waals surface area contributed by atoms with Crippen molar-refractivity contribution in [2.75, 3.05) is 11.1 Å². The second-order valence-corrected chi connectivity index (χ2v) is 6.47. The second-order valence-electron chi connectivity index (χ2n) is 6.10. The zero-order valence-electron chi connectivity index (χ0n) is 14.4. The zero-order valence-corrected chi connectivity index (χ0v) is 15.1. The number of nitrogens with one attached hydrogen (secondary N) is 1. The Morgan fingerprint density at radius 1 is 1.00 bits per heavy atom. The van der Waals surface area contributed by atoms with Crippen LogP contribution in [-0.4, -0.2) is 21.1 Å². The molecule has 2 heterocycles. The van der Waals surface area contributed by atoms with Crippen molar-refractivity contribution in [3.63, 3.8) is 0 Å². The number of carbonyl (C=O) groups excluding carboxylic acids is 2. The predicted molar refractivity (Wildman–Crippen MR) is 97.7 cm³/mol. The van der Waals surface area contributed by atoms with Crippen molar-refractivity contribution >= 4 is 34.4 Å². The van der Waals surface area contributed by atoms with E-state index < -0.39 is 0 Å². The van der Waals surface area contributed by atoms with E-state index in [1.807, 2.05) is 0 Å². The second kappa shape index (κ2) is 9.91. The van der Waals surface area contributed by atoms with Crippen LogP contribution in [0.3, 0.4) is 0 Å². The van der Waals surface area contributed by atoms with Gasteiger partial charge in [-0.15, -0.1) is 0 Å². The van der Waals surface area contributed by atoms with Gasteiger partial charge in [0, 0.05) is 36.4 Å². The van der Waals surface area contributed by atoms with Crippen LogP contribution in [0.15, 0.2) is 36.7 Å². The van der Waals surface area contributed by atoms with E-state index >= 15 is 0 Å². The average molecular weight is 397 g/mol. The highest BCUT2D eigenvalue weighted by Gasteiger charge is 2.29. The van der Waals surface area contributed by atoms with Gasteiger partial charge in [0.25, 0.3) is 0 Å². The van der Waals surface area contributed by atoms with E-state index in [0.29, 0.717) is 0 Å². The number of hydrogen-bond acceptors (Lipinski definition) is 5. The van der Waals surface area contributed by atoms with Crippen LogP contribution in [0.25, 0.3) is 0 Å². The summed E-state index contributed by atoms with van der Waals surface area (Å²) in [5.74, 6) is 0.0512. The minimum atomic E-state index is -0.388. The minimum Gasteiger partial charge on any atom is -0.384 e. The molecule has 0 bridgehead atoms. The predicted octanol–water partition coefficient (Wildman–Crippen LogP) is 3.53. The lowest BCUT2D eigenvalue weighted by atomic mass is 10.4. The first kappa shape index (κ1) is 20.7. The molecule has 3 N–H and O–H groups in total. The summed E-state index contributed by atoms with van der Waals surface area (Å²) >= 11 is 5.04. The van der Waals surface area contributed by atoms with E-state index in [1.54, 1.807) is 0 Å². The van der Waals surface area contributed by atoms with Gasteiger partial charge in [-0.2, -0.15) is 0 Å². The molecule has 27 heavy (non-hydrogen) atoms. The van der Waals surface area contributed by atoms with Crippen LogP contribution in [0.1, 0.15) is 25.7 Å². The van der Waals surface area contributed by atoms with E-state index in [1.165, 1.54) is 36.7 Å². The quantitative estimate of drug-likeness (QED) is 0.773. The third-order valence-corrected chi connectivity index (χ3v) is 3.87. The van der Waals surface area contributed by atoms with Crippen LogP contribution in [0, 0.1) is 23.5 Å². The molecule has 0 atom stereocenters. The number of rotatable bonds is 3. The summed E-state index contributed by atoms with van der Waals surface area (Å²) in [6, 6.07) is 4.86. The molecule has 4 rings (SSSR count). The maximum Gasteiger partial charge on any atom is 0.228 e. The molecule has 0 saturated heterocycles. The summed E-state index contributed by atoms with van der Waals surface area (Å²) in [6.45, 7) is 0. The Labute approximate surface area is 160 Å². The summed E-state index contributed by atoms with van der Waals surface area (Å²) in [4.78, 5) is 28.6. The maximum atomic E-state index is 12.6. The van der Waals surface area contributed by atoms with Crippen molar-refractivity contribution < 1.29 is 18.4 Å². The van der Waals surface area contributed by atoms with E-state index in [4.69, 9.17) is 17.3 Å². The lowest BCUT2D eigenvalue weighted by Crippen LogP contribution is -2.14. The first-order valence-electron chi connectivity index (χ1n) is 8.34. The number of carbonyl (C=O) groups is 2. The molecule has 9 heteroatoms. The van der Waals surface area contributed by atoms with Crippen molar-refractivity contribution in [3.05, 3.63) is 48.3 Å². The Morgan fingerprint density at radius 3 is 1.93 bits per heavy atom. The molecule has 2 fully saturated rings. The number of amides is 1. The molecule has 2 aromatic rings. The number of pyridine rings is 2. The van der Waals surface area contributed by atoms with E-state index in [2.05, 4.69) is 15.3 Å². The fraction of sp³-hybridized carbons (Fsp3) is 0.333. The van der Waals surface area contributed by atoms with Gasteiger partial charge in [0.05, 0.1) is 0 Å². The Kier molecular flexibility index (Phi) is 7.60. The molecule has 6 nitrogen and oxygen atoms in total. The molecule has 2 saturated carbocycles. The topological polar surface area (TPSA) is 98.0 Å². The van der Waals surface area contributed by atoms with Crippen LogP contribution < -0.4 is 11.1 Å². The lowest BCUT2D eigenvalue weighted by Gasteiger charge is -2.01. The van der Waals surface area contributed by atoms with Gasteiger partial charge < -0.3 is 11.1 Å². The number of aromatic nitrogens is 2. The molecule has 144 valence electrons. The first-order valence-corrected chi connectivity index (χ1v) is 8.71. The number of hydrogen-bond donors (Lipinski definition) is 2. The molecule has 0 radical (unpaired) electrons. The number of nitrogens with two attached hydrogens (primary N) is 1. The van der Waals surface area contributed by atoms with Crippen molar-refractivity contribution in [2.24, 2.45) is 11.8 Å². The van der Waals surface area contributed by atoms with E-state index in [0.717, 1.165) is 25.7 Å². The Morgan fingerprint density at radius 2 is 1.56 bits per heavy atom. The highest BCUT2D eigenvalue weighted by Crippen LogP contribution is 2.31. The maximum absolute atomic E-state index is 12.6. The van der Waals surface area contributed by atoms with Crippen LogP contribution in [-0.2, 0) is 9.59 Å². The van der Waals surface area contributed by atoms with Crippen molar-refractivity contribution in [1.29, 1.82) is 0 Å². The van der Waals surface area contributed by atoms with Crippen molar-refractivity contribution in [1.82, 2.24) is 9.97 Å². The fourth-order valence-corrected chi connectivity index (χ4v) is 2.00. The Balaban J connectivity index is 0.000000159. The molecule has 0 unspecified atom stereocenters. The molecule has 0 aromatic carbocycles. The summed E-state index contributed by atoms with van der Waals surface area (Å²) in [6.07, 6.45) is 6.55. The third-order valence-electron chi connectivity index (χ3n) is 3.56. The SMILES string of the molecule is Nc1cc(F)ccn1.O=C(Cl)C1CC1.O=C(Nc1cc(F)ccn1)C1CC1. The van der Waals surface area contributed by atoms with E-state index in [-0.39, 0.29) is 46.3 Å². The summed E-state index contributed by atoms with van der Waals surface area (Å²) < 4.78 is 24.7. The Hall–Kier alpha value is -2.61. The molecule has 0 spiro atoms. The summed E-state index contributed by atoms with van der Waals surface area (Å²) in [5.41, 5.74) is 5.11. The van der Waals surface area contributed by atoms with Gasteiger partial charge in [-0.25, -0.2) is 18.7 Å². The number of nitrogen functional groups attached to an aromatic ring is 1. The zero-order chi connectivity index (χ0) is 19.8. The van der Waals surface area contributed by atoms with Gasteiger partial charge in [-0.1, -0.05) is 0 Å². The molecule has 2 aromatic heterocycles. The minimum absolute atomic E-state index is 0.0573. The van der Waals surface area contributed by atoms with Gasteiger partial charge in [0.15, 0.2) is 0 Å². The van der Waals surface area contributed by atoms with Crippen molar-refractivity contribution in [2.45, 2.75) is 25.7 Å². The van der Waals surface area contributed by atoms with Gasteiger partial charge in [-0.3, -0.25) is 9.59 Å². The monoisotopic (exact) mass is 396 g/mol. The van der Waals surface area contributed by atoms with Crippen molar-refractivity contribution in [3.8, 4) is 0 Å². The van der Waals surface area contributed by atoms with Crippen LogP contribution >= 0.6 is 11.6 Å². The number of anilines is 2. The van der Waals surface area contributed by atoms with Crippen LogP contribution in [0.5, 0.6) is 0 Å². The smallest absolute Gasteiger partial charge is 0.228 e. The third kappa shape index (κ3) is 8.54. The van der Waals surface area contributed by atoms with Crippen LogP contribution in [0.2, 0.25) is 0 Å². The van der Waals surface area contributed by atoms with Crippen LogP contribution in [0.4, 0.5) is 20.4 Å². The van der Waals surface area contributed by atoms with Gasteiger partial charge in [-0.05, 0) is 49.4 Å². The fourth-order valence-electron chi connectivity index (χ4n) is 1.78. The normalized spacial score (nSPS) is 14.8. The number of nitrogens with zero attached hydrogens (tertiary/aromatic N) is 2. The first-order chi connectivity index (χ1) is 12.8. The largest absolute Gasteiger partial charge is 0.384 e. The lowest BCUT2D eigenvalue weighted by molar-refractivity contribution is -0.117. The standard InChI is InChI=1S/C9H9FN2O.C5H5FN2.C4H5ClO/c10-7-3-4-11-8(5-7)12-9(13)6-1-2-6;6-4-1-2-8-5(7)3-4;5-4(6)3-1-2-3/h3-6H,1-2H2,(H,11,12,13);1-3H,(H2,7,8);3H,1-2H2.